The molecule has 1 aliphatic rings. The van der Waals surface area contributed by atoms with Gasteiger partial charge in [0.2, 0.25) is 10.0 Å². The van der Waals surface area contributed by atoms with Gasteiger partial charge in [0.1, 0.15) is 5.76 Å². The maximum absolute atomic E-state index is 12.7. The molecule has 6 nitrogen and oxygen atoms in total. The molecule has 3 rings (SSSR count). The minimum absolute atomic E-state index is 0.150. The highest BCUT2D eigenvalue weighted by atomic mass is 32.2. The molecule has 1 unspecified atom stereocenters. The third-order valence-electron chi connectivity index (χ3n) is 4.60. The van der Waals surface area contributed by atoms with Gasteiger partial charge in [-0.05, 0) is 36.2 Å². The average molecular weight is 378 g/mol. The molecule has 1 saturated heterocycles. The molecular formula is C19H26N2O4S. The van der Waals surface area contributed by atoms with Crippen molar-refractivity contribution in [3.8, 4) is 0 Å². The molecule has 2 heterocycles. The molecule has 2 aromatic rings. The van der Waals surface area contributed by atoms with Crippen LogP contribution in [0.4, 0.5) is 0 Å². The van der Waals surface area contributed by atoms with E-state index >= 15 is 0 Å². The van der Waals surface area contributed by atoms with Crippen molar-refractivity contribution < 1.29 is 17.6 Å². The van der Waals surface area contributed by atoms with Gasteiger partial charge in [-0.15, -0.1) is 0 Å². The van der Waals surface area contributed by atoms with Gasteiger partial charge in [0, 0.05) is 19.6 Å². The lowest BCUT2D eigenvalue weighted by Gasteiger charge is -2.33. The zero-order chi connectivity index (χ0) is 18.4. The largest absolute Gasteiger partial charge is 0.468 e. The predicted molar refractivity (Wildman–Crippen MR) is 99.5 cm³/mol. The Hall–Kier alpha value is -1.67. The second-order valence-corrected chi connectivity index (χ2v) is 8.19. The predicted octanol–water partition coefficient (Wildman–Crippen LogP) is 2.58. The van der Waals surface area contributed by atoms with Crippen molar-refractivity contribution in [2.45, 2.75) is 30.7 Å². The van der Waals surface area contributed by atoms with Crippen LogP contribution in [-0.4, -0.2) is 46.2 Å². The first kappa shape index (κ1) is 19.1. The second kappa shape index (κ2) is 8.81. The first-order valence-corrected chi connectivity index (χ1v) is 10.5. The van der Waals surface area contributed by atoms with Gasteiger partial charge in [0.05, 0.1) is 30.4 Å². The molecule has 1 fully saturated rings. The highest BCUT2D eigenvalue weighted by Gasteiger charge is 2.26. The third-order valence-corrected chi connectivity index (χ3v) is 6.04. The fraction of sp³-hybridized carbons (Fsp3) is 0.474. The Kier molecular flexibility index (Phi) is 6.48. The number of ether oxygens (including phenoxy) is 1. The van der Waals surface area contributed by atoms with Crippen molar-refractivity contribution in [2.75, 3.05) is 32.8 Å². The summed E-state index contributed by atoms with van der Waals surface area (Å²) in [4.78, 5) is 2.48. The highest BCUT2D eigenvalue weighted by Crippen LogP contribution is 2.22. The van der Waals surface area contributed by atoms with E-state index in [1.165, 1.54) is 0 Å². The van der Waals surface area contributed by atoms with Crippen molar-refractivity contribution in [3.05, 3.63) is 54.0 Å². The molecule has 7 heteroatoms. The SMILES string of the molecule is CCCc1ccc(S(=O)(=O)NCC(c2ccco2)N2CCOCC2)cc1. The first-order chi connectivity index (χ1) is 12.6. The monoisotopic (exact) mass is 378 g/mol. The van der Waals surface area contributed by atoms with Crippen LogP contribution in [0, 0.1) is 0 Å². The standard InChI is InChI=1S/C19H26N2O4S/c1-2-4-16-6-8-17(9-7-16)26(22,23)20-15-18(19-5-3-12-25-19)21-10-13-24-14-11-21/h3,5-9,12,18,20H,2,4,10-11,13-15H2,1H3. The molecule has 1 N–H and O–H groups in total. The zero-order valence-corrected chi connectivity index (χ0v) is 15.9. The van der Waals surface area contributed by atoms with Gasteiger partial charge in [-0.1, -0.05) is 25.5 Å². The number of benzene rings is 1. The molecule has 142 valence electrons. The van der Waals surface area contributed by atoms with E-state index in [1.54, 1.807) is 18.4 Å². The molecule has 0 amide bonds. The summed E-state index contributed by atoms with van der Waals surface area (Å²) in [6, 6.07) is 10.7. The molecule has 1 atom stereocenters. The molecule has 1 aliphatic heterocycles. The number of hydrogen-bond acceptors (Lipinski definition) is 5. The molecule has 0 bridgehead atoms. The maximum atomic E-state index is 12.7. The third kappa shape index (κ3) is 4.73. The summed E-state index contributed by atoms with van der Waals surface area (Å²) in [5, 5.41) is 0. The van der Waals surface area contributed by atoms with Gasteiger partial charge in [-0.2, -0.15) is 0 Å². The summed E-state index contributed by atoms with van der Waals surface area (Å²) in [5.41, 5.74) is 1.15. The summed E-state index contributed by atoms with van der Waals surface area (Å²) in [6.07, 6.45) is 3.60. The van der Waals surface area contributed by atoms with Crippen molar-refractivity contribution in [3.63, 3.8) is 0 Å². The van der Waals surface area contributed by atoms with Crippen molar-refractivity contribution >= 4 is 10.0 Å². The Bertz CT molecular complexity index is 766. The Morgan fingerprint density at radius 2 is 1.88 bits per heavy atom. The van der Waals surface area contributed by atoms with E-state index in [2.05, 4.69) is 16.5 Å². The lowest BCUT2D eigenvalue weighted by atomic mass is 10.1. The molecule has 0 spiro atoms. The van der Waals surface area contributed by atoms with Crippen LogP contribution < -0.4 is 4.72 Å². The number of aryl methyl sites for hydroxylation is 1. The quantitative estimate of drug-likeness (QED) is 0.764. The molecule has 0 saturated carbocycles. The van der Waals surface area contributed by atoms with Crippen LogP contribution in [0.3, 0.4) is 0 Å². The number of sulfonamides is 1. The van der Waals surface area contributed by atoms with Crippen LogP contribution in [0.2, 0.25) is 0 Å². The van der Waals surface area contributed by atoms with E-state index in [9.17, 15) is 8.42 Å². The molecule has 1 aromatic heterocycles. The maximum Gasteiger partial charge on any atom is 0.240 e. The lowest BCUT2D eigenvalue weighted by molar-refractivity contribution is 0.0128. The Morgan fingerprint density at radius 1 is 1.15 bits per heavy atom. The van der Waals surface area contributed by atoms with Crippen LogP contribution in [-0.2, 0) is 21.2 Å². The average Bonchev–Trinajstić information content (AvgIpc) is 3.18. The molecule has 0 radical (unpaired) electrons. The number of nitrogens with zero attached hydrogens (tertiary/aromatic N) is 1. The smallest absolute Gasteiger partial charge is 0.240 e. The highest BCUT2D eigenvalue weighted by molar-refractivity contribution is 7.89. The van der Waals surface area contributed by atoms with E-state index in [4.69, 9.17) is 9.15 Å². The van der Waals surface area contributed by atoms with Crippen molar-refractivity contribution in [2.24, 2.45) is 0 Å². The number of morpholine rings is 1. The van der Waals surface area contributed by atoms with Gasteiger partial charge < -0.3 is 9.15 Å². The van der Waals surface area contributed by atoms with E-state index < -0.39 is 10.0 Å². The minimum atomic E-state index is -3.57. The summed E-state index contributed by atoms with van der Waals surface area (Å²) >= 11 is 0. The molecular weight excluding hydrogens is 352 g/mol. The summed E-state index contributed by atoms with van der Waals surface area (Å²) < 4.78 is 39.0. The van der Waals surface area contributed by atoms with Gasteiger partial charge in [0.25, 0.3) is 0 Å². The number of furan rings is 1. The van der Waals surface area contributed by atoms with Crippen LogP contribution in [0.25, 0.3) is 0 Å². The van der Waals surface area contributed by atoms with Crippen molar-refractivity contribution in [1.82, 2.24) is 9.62 Å². The van der Waals surface area contributed by atoms with E-state index in [0.29, 0.717) is 13.2 Å². The zero-order valence-electron chi connectivity index (χ0n) is 15.1. The Labute approximate surface area is 155 Å². The van der Waals surface area contributed by atoms with Gasteiger partial charge in [0.15, 0.2) is 0 Å². The molecule has 0 aliphatic carbocycles. The van der Waals surface area contributed by atoms with Crippen LogP contribution in [0.5, 0.6) is 0 Å². The minimum Gasteiger partial charge on any atom is -0.468 e. The lowest BCUT2D eigenvalue weighted by Crippen LogP contribution is -2.43. The fourth-order valence-electron chi connectivity index (χ4n) is 3.18. The van der Waals surface area contributed by atoms with Crippen LogP contribution >= 0.6 is 0 Å². The molecule has 1 aromatic carbocycles. The van der Waals surface area contributed by atoms with Crippen LogP contribution in [0.15, 0.2) is 52.0 Å². The van der Waals surface area contributed by atoms with Crippen molar-refractivity contribution in [1.29, 1.82) is 0 Å². The van der Waals surface area contributed by atoms with Gasteiger partial charge >= 0.3 is 0 Å². The number of rotatable bonds is 8. The fourth-order valence-corrected chi connectivity index (χ4v) is 4.21. The second-order valence-electron chi connectivity index (χ2n) is 6.43. The van der Waals surface area contributed by atoms with Gasteiger partial charge in [-0.3, -0.25) is 4.90 Å². The van der Waals surface area contributed by atoms with Gasteiger partial charge in [-0.25, -0.2) is 13.1 Å². The summed E-state index contributed by atoms with van der Waals surface area (Å²) in [6.45, 7) is 5.14. The summed E-state index contributed by atoms with van der Waals surface area (Å²) in [7, 11) is -3.57. The topological polar surface area (TPSA) is 71.8 Å². The normalized spacial score (nSPS) is 17.3. The summed E-state index contributed by atoms with van der Waals surface area (Å²) in [5.74, 6) is 0.757. The number of hydrogen-bond donors (Lipinski definition) is 1. The number of nitrogens with one attached hydrogen (secondary N) is 1. The Morgan fingerprint density at radius 3 is 2.50 bits per heavy atom. The van der Waals surface area contributed by atoms with E-state index in [1.807, 2.05) is 24.3 Å². The van der Waals surface area contributed by atoms with E-state index in [-0.39, 0.29) is 17.5 Å². The van der Waals surface area contributed by atoms with E-state index in [0.717, 1.165) is 37.3 Å². The first-order valence-electron chi connectivity index (χ1n) is 9.04. The Balaban J connectivity index is 1.70. The molecule has 26 heavy (non-hydrogen) atoms. The van der Waals surface area contributed by atoms with Crippen LogP contribution in [0.1, 0.15) is 30.7 Å².